The highest BCUT2D eigenvalue weighted by Gasteiger charge is 2.32. The van der Waals surface area contributed by atoms with Crippen LogP contribution in [0, 0.1) is 5.92 Å². The van der Waals surface area contributed by atoms with E-state index in [1.54, 1.807) is 0 Å². The summed E-state index contributed by atoms with van der Waals surface area (Å²) in [6, 6.07) is 21.5. The lowest BCUT2D eigenvalue weighted by Gasteiger charge is -2.42. The lowest BCUT2D eigenvalue weighted by molar-refractivity contribution is 0.0419. The molecule has 1 N–H and O–H groups in total. The third kappa shape index (κ3) is 4.93. The van der Waals surface area contributed by atoms with Gasteiger partial charge in [-0.15, -0.1) is 0 Å². The number of aliphatic hydroxyl groups excluding tert-OH is 1. The van der Waals surface area contributed by atoms with Crippen LogP contribution in [0.15, 0.2) is 60.7 Å². The van der Waals surface area contributed by atoms with Crippen molar-refractivity contribution >= 4 is 0 Å². The molecule has 0 radical (unpaired) electrons. The molecule has 0 amide bonds. The second-order valence-electron chi connectivity index (χ2n) is 7.38. The Kier molecular flexibility index (Phi) is 6.66. The van der Waals surface area contributed by atoms with Gasteiger partial charge in [0.1, 0.15) is 0 Å². The molecule has 134 valence electrons. The SMILES string of the molecule is CCC[C@@H]1[C@H](CC(O)c2ccccc2)CCCN1Cc1ccccc1. The van der Waals surface area contributed by atoms with Gasteiger partial charge in [-0.05, 0) is 49.3 Å². The molecule has 1 heterocycles. The highest BCUT2D eigenvalue weighted by atomic mass is 16.3. The van der Waals surface area contributed by atoms with E-state index in [1.165, 1.54) is 37.8 Å². The molecule has 0 spiro atoms. The number of rotatable bonds is 7. The normalized spacial score (nSPS) is 22.6. The van der Waals surface area contributed by atoms with Gasteiger partial charge in [-0.3, -0.25) is 4.90 Å². The Hall–Kier alpha value is -1.64. The van der Waals surface area contributed by atoms with Crippen molar-refractivity contribution in [1.29, 1.82) is 0 Å². The minimum absolute atomic E-state index is 0.345. The highest BCUT2D eigenvalue weighted by molar-refractivity contribution is 5.18. The van der Waals surface area contributed by atoms with Crippen molar-refractivity contribution in [1.82, 2.24) is 4.90 Å². The predicted octanol–water partition coefficient (Wildman–Crippen LogP) is 5.19. The largest absolute Gasteiger partial charge is 0.388 e. The summed E-state index contributed by atoms with van der Waals surface area (Å²) in [5.41, 5.74) is 2.45. The number of benzene rings is 2. The van der Waals surface area contributed by atoms with E-state index in [-0.39, 0.29) is 6.10 Å². The average molecular weight is 338 g/mol. The summed E-state index contributed by atoms with van der Waals surface area (Å²) in [4.78, 5) is 2.66. The van der Waals surface area contributed by atoms with Crippen LogP contribution in [0.25, 0.3) is 0 Å². The Bertz CT molecular complexity index is 613. The van der Waals surface area contributed by atoms with Gasteiger partial charge >= 0.3 is 0 Å². The lowest BCUT2D eigenvalue weighted by atomic mass is 9.81. The summed E-state index contributed by atoms with van der Waals surface area (Å²) in [7, 11) is 0. The third-order valence-corrected chi connectivity index (χ3v) is 5.56. The lowest BCUT2D eigenvalue weighted by Crippen LogP contribution is -2.45. The summed E-state index contributed by atoms with van der Waals surface area (Å²) in [5.74, 6) is 0.576. The summed E-state index contributed by atoms with van der Waals surface area (Å²) in [5, 5.41) is 10.7. The minimum Gasteiger partial charge on any atom is -0.388 e. The molecule has 2 nitrogen and oxygen atoms in total. The maximum Gasteiger partial charge on any atom is 0.0793 e. The molecule has 1 aliphatic heterocycles. The van der Waals surface area contributed by atoms with Crippen molar-refractivity contribution < 1.29 is 5.11 Å². The summed E-state index contributed by atoms with van der Waals surface area (Å²) in [6.07, 6.45) is 5.42. The molecular weight excluding hydrogens is 306 g/mol. The zero-order chi connectivity index (χ0) is 17.5. The smallest absolute Gasteiger partial charge is 0.0793 e. The van der Waals surface area contributed by atoms with Crippen LogP contribution in [0.4, 0.5) is 0 Å². The number of likely N-dealkylation sites (tertiary alicyclic amines) is 1. The Morgan fingerprint density at radius 2 is 1.72 bits per heavy atom. The van der Waals surface area contributed by atoms with Gasteiger partial charge in [0.25, 0.3) is 0 Å². The average Bonchev–Trinajstić information content (AvgIpc) is 2.66. The van der Waals surface area contributed by atoms with Gasteiger partial charge in [-0.25, -0.2) is 0 Å². The zero-order valence-electron chi connectivity index (χ0n) is 15.3. The Morgan fingerprint density at radius 3 is 2.40 bits per heavy atom. The van der Waals surface area contributed by atoms with Crippen molar-refractivity contribution in [3.05, 3.63) is 71.8 Å². The maximum atomic E-state index is 10.7. The molecule has 0 aliphatic carbocycles. The molecular formula is C23H31NO. The van der Waals surface area contributed by atoms with Crippen molar-refractivity contribution in [3.63, 3.8) is 0 Å². The molecule has 0 saturated carbocycles. The minimum atomic E-state index is -0.345. The van der Waals surface area contributed by atoms with Crippen LogP contribution in [0.5, 0.6) is 0 Å². The van der Waals surface area contributed by atoms with Crippen LogP contribution in [0.2, 0.25) is 0 Å². The van der Waals surface area contributed by atoms with E-state index in [4.69, 9.17) is 0 Å². The van der Waals surface area contributed by atoms with Crippen LogP contribution in [0.3, 0.4) is 0 Å². The number of piperidine rings is 1. The van der Waals surface area contributed by atoms with Crippen LogP contribution >= 0.6 is 0 Å². The molecule has 1 aliphatic rings. The second-order valence-corrected chi connectivity index (χ2v) is 7.38. The molecule has 3 rings (SSSR count). The molecule has 3 atom stereocenters. The first-order chi connectivity index (χ1) is 12.3. The Morgan fingerprint density at radius 1 is 1.04 bits per heavy atom. The van der Waals surface area contributed by atoms with E-state index in [0.29, 0.717) is 12.0 Å². The first-order valence-corrected chi connectivity index (χ1v) is 9.79. The van der Waals surface area contributed by atoms with Gasteiger partial charge in [0.2, 0.25) is 0 Å². The van der Waals surface area contributed by atoms with Gasteiger partial charge in [0.05, 0.1) is 6.10 Å². The molecule has 2 aromatic rings. The topological polar surface area (TPSA) is 23.5 Å². The van der Waals surface area contributed by atoms with E-state index < -0.39 is 0 Å². The monoisotopic (exact) mass is 337 g/mol. The summed E-state index contributed by atoms with van der Waals surface area (Å²) in [6.45, 7) is 4.49. The summed E-state index contributed by atoms with van der Waals surface area (Å²) < 4.78 is 0. The zero-order valence-corrected chi connectivity index (χ0v) is 15.3. The molecule has 0 bridgehead atoms. The van der Waals surface area contributed by atoms with Gasteiger partial charge in [-0.1, -0.05) is 74.0 Å². The summed E-state index contributed by atoms with van der Waals surface area (Å²) >= 11 is 0. The fraction of sp³-hybridized carbons (Fsp3) is 0.478. The molecule has 2 heteroatoms. The van der Waals surface area contributed by atoms with Gasteiger partial charge in [0.15, 0.2) is 0 Å². The maximum absolute atomic E-state index is 10.7. The van der Waals surface area contributed by atoms with Gasteiger partial charge < -0.3 is 5.11 Å². The molecule has 2 aromatic carbocycles. The molecule has 0 aromatic heterocycles. The standard InChI is InChI=1S/C23H31NO/c1-2-10-22-21(17-23(25)20-13-7-4-8-14-20)15-9-16-24(22)18-19-11-5-3-6-12-19/h3-8,11-14,21-23,25H,2,9-10,15-18H2,1H3/t21-,22+,23?/m0/s1. The van der Waals surface area contributed by atoms with Gasteiger partial charge in [0, 0.05) is 12.6 Å². The Balaban J connectivity index is 1.69. The van der Waals surface area contributed by atoms with E-state index in [2.05, 4.69) is 42.2 Å². The molecule has 1 fully saturated rings. The number of aliphatic hydroxyl groups is 1. The van der Waals surface area contributed by atoms with E-state index in [9.17, 15) is 5.11 Å². The van der Waals surface area contributed by atoms with Crippen molar-refractivity contribution in [2.24, 2.45) is 5.92 Å². The van der Waals surface area contributed by atoms with E-state index >= 15 is 0 Å². The fourth-order valence-corrected chi connectivity index (χ4v) is 4.31. The number of hydrogen-bond donors (Lipinski definition) is 1. The second kappa shape index (κ2) is 9.17. The number of nitrogens with zero attached hydrogens (tertiary/aromatic N) is 1. The first-order valence-electron chi connectivity index (χ1n) is 9.79. The van der Waals surface area contributed by atoms with Crippen molar-refractivity contribution in [2.45, 2.75) is 57.7 Å². The van der Waals surface area contributed by atoms with Crippen molar-refractivity contribution in [3.8, 4) is 0 Å². The molecule has 1 saturated heterocycles. The molecule has 25 heavy (non-hydrogen) atoms. The fourth-order valence-electron chi connectivity index (χ4n) is 4.31. The van der Waals surface area contributed by atoms with Crippen LogP contribution < -0.4 is 0 Å². The van der Waals surface area contributed by atoms with Gasteiger partial charge in [-0.2, -0.15) is 0 Å². The Labute approximate surface area is 152 Å². The van der Waals surface area contributed by atoms with Crippen molar-refractivity contribution in [2.75, 3.05) is 6.54 Å². The predicted molar refractivity (Wildman–Crippen MR) is 104 cm³/mol. The van der Waals surface area contributed by atoms with E-state index in [1.807, 2.05) is 30.3 Å². The first kappa shape index (κ1) is 18.2. The van der Waals surface area contributed by atoms with E-state index in [0.717, 1.165) is 18.5 Å². The third-order valence-electron chi connectivity index (χ3n) is 5.56. The molecule has 1 unspecified atom stereocenters. The van der Waals surface area contributed by atoms with Crippen LogP contribution in [-0.4, -0.2) is 22.6 Å². The van der Waals surface area contributed by atoms with Crippen LogP contribution in [-0.2, 0) is 6.54 Å². The quantitative estimate of drug-likeness (QED) is 0.751. The highest BCUT2D eigenvalue weighted by Crippen LogP contribution is 2.34. The number of hydrogen-bond acceptors (Lipinski definition) is 2. The van der Waals surface area contributed by atoms with Crippen LogP contribution in [0.1, 0.15) is 56.3 Å².